The molecule has 0 amide bonds. The second kappa shape index (κ2) is 11.2. The summed E-state index contributed by atoms with van der Waals surface area (Å²) in [4.78, 5) is 9.55. The molecule has 0 spiro atoms. The average Bonchev–Trinajstić information content (AvgIpc) is 2.89. The largest absolute Gasteiger partial charge is 0.405 e. The molecule has 2 heterocycles. The second-order valence-corrected chi connectivity index (χ2v) is 8.63. The summed E-state index contributed by atoms with van der Waals surface area (Å²) in [6.07, 6.45) is 8.46. The number of rotatable bonds is 6. The quantitative estimate of drug-likeness (QED) is 0.295. The Morgan fingerprint density at radius 2 is 1.59 bits per heavy atom. The Labute approximate surface area is 202 Å². The van der Waals surface area contributed by atoms with E-state index in [-0.39, 0.29) is 0 Å². The lowest BCUT2D eigenvalue weighted by molar-refractivity contribution is 0.153. The van der Waals surface area contributed by atoms with E-state index in [1.165, 1.54) is 19.0 Å². The van der Waals surface area contributed by atoms with Crippen molar-refractivity contribution in [3.63, 3.8) is 0 Å². The molecule has 3 nitrogen and oxygen atoms in total. The number of unbranched alkanes of at least 4 members (excludes halogenated alkanes) is 1. The Bertz CT molecular complexity index is 1270. The van der Waals surface area contributed by atoms with Crippen LogP contribution in [-0.4, -0.2) is 9.97 Å². The SMILES string of the molecule is CCC(F)(CC)c1cc(C)c(-c2ccccn2)c2c1nc(/C=C\N)c1ccccc12.CCCC. The van der Waals surface area contributed by atoms with Gasteiger partial charge in [0.05, 0.1) is 16.9 Å². The number of fused-ring (bicyclic) bond motifs is 3. The standard InChI is InChI=1S/C26H26FN3.C4H10/c1-4-26(27,5-2)20-16-17(3)23(22-12-8-9-15-29-22)24-19-11-7-6-10-18(19)21(13-14-28)30-25(20)24;1-3-4-2/h6-16H,4-5,28H2,1-3H3;3-4H2,1-2H3/b14-13-;. The van der Waals surface area contributed by atoms with Crippen molar-refractivity contribution in [3.8, 4) is 11.3 Å². The van der Waals surface area contributed by atoms with Gasteiger partial charge in [0.15, 0.2) is 0 Å². The molecule has 34 heavy (non-hydrogen) atoms. The molecular formula is C30H36FN3. The maximum Gasteiger partial charge on any atom is 0.137 e. The third kappa shape index (κ3) is 4.82. The maximum atomic E-state index is 16.0. The minimum absolute atomic E-state index is 0.386. The third-order valence-electron chi connectivity index (χ3n) is 6.48. The number of benzene rings is 2. The van der Waals surface area contributed by atoms with Crippen LogP contribution in [0.5, 0.6) is 0 Å². The Morgan fingerprint density at radius 3 is 2.15 bits per heavy atom. The zero-order valence-electron chi connectivity index (χ0n) is 21.0. The van der Waals surface area contributed by atoms with Gasteiger partial charge < -0.3 is 5.73 Å². The van der Waals surface area contributed by atoms with Crippen molar-refractivity contribution < 1.29 is 4.39 Å². The van der Waals surface area contributed by atoms with Crippen LogP contribution in [0.2, 0.25) is 0 Å². The summed E-state index contributed by atoms with van der Waals surface area (Å²) < 4.78 is 16.0. The van der Waals surface area contributed by atoms with Crippen LogP contribution < -0.4 is 5.73 Å². The molecule has 4 heteroatoms. The minimum atomic E-state index is -1.45. The first-order valence-corrected chi connectivity index (χ1v) is 12.3. The van der Waals surface area contributed by atoms with E-state index >= 15 is 4.39 Å². The van der Waals surface area contributed by atoms with Crippen molar-refractivity contribution in [2.24, 2.45) is 5.73 Å². The number of nitrogens with zero attached hydrogens (tertiary/aromatic N) is 2. The van der Waals surface area contributed by atoms with Crippen molar-refractivity contribution in [2.45, 2.75) is 66.0 Å². The molecular weight excluding hydrogens is 421 g/mol. The maximum absolute atomic E-state index is 16.0. The molecule has 0 radical (unpaired) electrons. The van der Waals surface area contributed by atoms with Crippen molar-refractivity contribution in [1.29, 1.82) is 0 Å². The summed E-state index contributed by atoms with van der Waals surface area (Å²) in [6.45, 7) is 10.2. The number of aryl methyl sites for hydroxylation is 1. The summed E-state index contributed by atoms with van der Waals surface area (Å²) in [5.41, 5.74) is 9.17. The van der Waals surface area contributed by atoms with Crippen LogP contribution in [-0.2, 0) is 5.67 Å². The van der Waals surface area contributed by atoms with Crippen LogP contribution in [0, 0.1) is 6.92 Å². The molecule has 0 aliphatic rings. The van der Waals surface area contributed by atoms with Crippen molar-refractivity contribution in [1.82, 2.24) is 9.97 Å². The lowest BCUT2D eigenvalue weighted by atomic mass is 9.83. The van der Waals surface area contributed by atoms with Gasteiger partial charge in [0.1, 0.15) is 5.67 Å². The lowest BCUT2D eigenvalue weighted by Gasteiger charge is -2.26. The molecule has 2 aromatic heterocycles. The van der Waals surface area contributed by atoms with Crippen molar-refractivity contribution in [2.75, 3.05) is 0 Å². The molecule has 4 aromatic rings. The Hall–Kier alpha value is -3.27. The number of aromatic nitrogens is 2. The molecule has 0 saturated heterocycles. The predicted octanol–water partition coefficient (Wildman–Crippen LogP) is 8.48. The normalized spacial score (nSPS) is 11.7. The first-order valence-electron chi connectivity index (χ1n) is 12.3. The Balaban J connectivity index is 0.000000751. The van der Waals surface area contributed by atoms with Gasteiger partial charge in [0.25, 0.3) is 0 Å². The Kier molecular flexibility index (Phi) is 8.38. The number of alkyl halides is 1. The number of nitrogens with two attached hydrogens (primary N) is 1. The lowest BCUT2D eigenvalue weighted by Crippen LogP contribution is -2.19. The minimum Gasteiger partial charge on any atom is -0.405 e. The molecule has 0 saturated carbocycles. The van der Waals surface area contributed by atoms with Crippen LogP contribution in [0.4, 0.5) is 4.39 Å². The van der Waals surface area contributed by atoms with Gasteiger partial charge in [-0.15, -0.1) is 0 Å². The van der Waals surface area contributed by atoms with Crippen molar-refractivity contribution >= 4 is 27.8 Å². The number of hydrogen-bond acceptors (Lipinski definition) is 3. The highest BCUT2D eigenvalue weighted by Gasteiger charge is 2.32. The topological polar surface area (TPSA) is 51.8 Å². The fourth-order valence-electron chi connectivity index (χ4n) is 4.32. The van der Waals surface area contributed by atoms with E-state index in [1.54, 1.807) is 12.3 Å². The van der Waals surface area contributed by atoms with Crippen molar-refractivity contribution in [3.05, 3.63) is 77.7 Å². The zero-order chi connectivity index (χ0) is 24.7. The van der Waals surface area contributed by atoms with Crippen LogP contribution >= 0.6 is 0 Å². The molecule has 0 aliphatic carbocycles. The zero-order valence-corrected chi connectivity index (χ0v) is 21.0. The molecule has 4 rings (SSSR count). The van der Waals surface area contributed by atoms with E-state index < -0.39 is 5.67 Å². The summed E-state index contributed by atoms with van der Waals surface area (Å²) in [7, 11) is 0. The summed E-state index contributed by atoms with van der Waals surface area (Å²) in [5, 5.41) is 2.95. The average molecular weight is 458 g/mol. The van der Waals surface area contributed by atoms with E-state index in [9.17, 15) is 0 Å². The highest BCUT2D eigenvalue weighted by Crippen LogP contribution is 2.44. The monoisotopic (exact) mass is 457 g/mol. The molecule has 0 bridgehead atoms. The van der Waals surface area contributed by atoms with Gasteiger partial charge in [0, 0.05) is 28.1 Å². The fourth-order valence-corrected chi connectivity index (χ4v) is 4.32. The molecule has 0 atom stereocenters. The number of hydrogen-bond donors (Lipinski definition) is 1. The van der Waals surface area contributed by atoms with E-state index in [0.717, 1.165) is 38.7 Å². The van der Waals surface area contributed by atoms with Gasteiger partial charge in [-0.2, -0.15) is 0 Å². The summed E-state index contributed by atoms with van der Waals surface area (Å²) >= 11 is 0. The summed E-state index contributed by atoms with van der Waals surface area (Å²) in [5.74, 6) is 0. The fraction of sp³-hybridized carbons (Fsp3) is 0.333. The number of pyridine rings is 2. The smallest absolute Gasteiger partial charge is 0.137 e. The summed E-state index contributed by atoms with van der Waals surface area (Å²) in [6, 6.07) is 15.9. The second-order valence-electron chi connectivity index (χ2n) is 8.63. The first-order chi connectivity index (χ1) is 16.4. The molecule has 2 aromatic carbocycles. The van der Waals surface area contributed by atoms with Crippen LogP contribution in [0.25, 0.3) is 39.0 Å². The highest BCUT2D eigenvalue weighted by atomic mass is 19.1. The Morgan fingerprint density at radius 1 is 0.941 bits per heavy atom. The number of halogens is 1. The molecule has 0 aliphatic heterocycles. The van der Waals surface area contributed by atoms with Crippen LogP contribution in [0.15, 0.2) is 60.9 Å². The van der Waals surface area contributed by atoms with Gasteiger partial charge in [0.2, 0.25) is 0 Å². The first kappa shape index (κ1) is 25.4. The van der Waals surface area contributed by atoms with E-state index in [4.69, 9.17) is 10.7 Å². The van der Waals surface area contributed by atoms with Gasteiger partial charge >= 0.3 is 0 Å². The van der Waals surface area contributed by atoms with Crippen LogP contribution in [0.3, 0.4) is 0 Å². The van der Waals surface area contributed by atoms with Gasteiger partial charge in [-0.3, -0.25) is 4.98 Å². The van der Waals surface area contributed by atoms with Gasteiger partial charge in [-0.1, -0.05) is 76.9 Å². The predicted molar refractivity (Wildman–Crippen MR) is 144 cm³/mol. The highest BCUT2D eigenvalue weighted by molar-refractivity contribution is 6.15. The molecule has 0 unspecified atom stereocenters. The van der Waals surface area contributed by atoms with E-state index in [2.05, 4.69) is 24.9 Å². The van der Waals surface area contributed by atoms with Gasteiger partial charge in [-0.25, -0.2) is 9.37 Å². The van der Waals surface area contributed by atoms with Gasteiger partial charge in [-0.05, 0) is 55.1 Å². The third-order valence-corrected chi connectivity index (χ3v) is 6.48. The molecule has 0 fully saturated rings. The molecule has 178 valence electrons. The van der Waals surface area contributed by atoms with Crippen LogP contribution in [0.1, 0.15) is 70.2 Å². The molecule has 2 N–H and O–H groups in total. The van der Waals surface area contributed by atoms with E-state index in [1.807, 2.05) is 63.2 Å². The van der Waals surface area contributed by atoms with E-state index in [0.29, 0.717) is 23.9 Å².